The summed E-state index contributed by atoms with van der Waals surface area (Å²) in [7, 11) is -2.18. The van der Waals surface area contributed by atoms with Gasteiger partial charge in [-0.05, 0) is 13.0 Å². The number of sulfonamides is 1. The van der Waals surface area contributed by atoms with E-state index in [1.54, 1.807) is 7.05 Å². The summed E-state index contributed by atoms with van der Waals surface area (Å²) < 4.78 is 24.7. The van der Waals surface area contributed by atoms with E-state index in [1.165, 1.54) is 23.9 Å². The number of nitrogens with zero attached hydrogens (tertiary/aromatic N) is 3. The highest BCUT2D eigenvalue weighted by atomic mass is 32.2. The molecule has 1 heterocycles. The van der Waals surface area contributed by atoms with E-state index in [-0.39, 0.29) is 5.69 Å². The van der Waals surface area contributed by atoms with Crippen molar-refractivity contribution < 1.29 is 18.0 Å². The fraction of sp³-hybridized carbons (Fsp3) is 0.444. The second kappa shape index (κ2) is 4.66. The van der Waals surface area contributed by atoms with Crippen molar-refractivity contribution in [2.75, 3.05) is 12.8 Å². The lowest BCUT2D eigenvalue weighted by Gasteiger charge is -2.17. The first-order valence-electron chi connectivity index (χ1n) is 4.73. The molecule has 0 saturated heterocycles. The van der Waals surface area contributed by atoms with Crippen LogP contribution in [0.15, 0.2) is 12.3 Å². The minimum Gasteiger partial charge on any atom is -0.298 e. The summed E-state index contributed by atoms with van der Waals surface area (Å²) in [4.78, 5) is 22.8. The molecule has 0 radical (unpaired) electrons. The average molecular weight is 259 g/mol. The van der Waals surface area contributed by atoms with Gasteiger partial charge in [0.2, 0.25) is 10.0 Å². The van der Waals surface area contributed by atoms with Gasteiger partial charge in [-0.15, -0.1) is 0 Å². The van der Waals surface area contributed by atoms with E-state index in [9.17, 15) is 18.0 Å². The van der Waals surface area contributed by atoms with Crippen LogP contribution in [0.2, 0.25) is 0 Å². The topological polar surface area (TPSA) is 89.3 Å². The van der Waals surface area contributed by atoms with Gasteiger partial charge < -0.3 is 0 Å². The predicted octanol–water partition coefficient (Wildman–Crippen LogP) is -0.589. The Morgan fingerprint density at radius 1 is 1.47 bits per heavy atom. The van der Waals surface area contributed by atoms with Gasteiger partial charge in [0.25, 0.3) is 5.91 Å². The number of carbonyl (C=O) groups excluding carboxylic acids is 2. The average Bonchev–Trinajstić information content (AvgIpc) is 2.58. The zero-order chi connectivity index (χ0) is 13.2. The van der Waals surface area contributed by atoms with Crippen LogP contribution in [-0.4, -0.2) is 47.0 Å². The molecule has 0 aliphatic heterocycles. The fourth-order valence-corrected chi connectivity index (χ4v) is 2.01. The number of hydrogen-bond donors (Lipinski definition) is 0. The van der Waals surface area contributed by atoms with E-state index in [0.29, 0.717) is 4.31 Å². The molecule has 1 aromatic rings. The lowest BCUT2D eigenvalue weighted by molar-refractivity contribution is -0.116. The molecule has 8 heteroatoms. The molecule has 0 bridgehead atoms. The summed E-state index contributed by atoms with van der Waals surface area (Å²) in [6.45, 7) is 0.734. The number of hydrogen-bond acceptors (Lipinski definition) is 5. The quantitative estimate of drug-likeness (QED) is 0.721. The summed E-state index contributed by atoms with van der Waals surface area (Å²) in [6.07, 6.45) is 2.39. The van der Waals surface area contributed by atoms with Gasteiger partial charge in [0.05, 0.1) is 12.8 Å². The lowest BCUT2D eigenvalue weighted by atomic mass is 10.4. The van der Waals surface area contributed by atoms with Crippen molar-refractivity contribution in [2.24, 2.45) is 7.05 Å². The molecule has 0 fully saturated rings. The van der Waals surface area contributed by atoms with Gasteiger partial charge in [-0.1, -0.05) is 0 Å². The normalized spacial score (nSPS) is 11.2. The molecule has 0 aliphatic carbocycles. The Labute approximate surface area is 99.1 Å². The second-order valence-electron chi connectivity index (χ2n) is 3.65. The first-order valence-corrected chi connectivity index (χ1v) is 6.58. The number of Topliss-reactive ketones (excluding diaryl/α,β-unsaturated/α-hetero) is 1. The summed E-state index contributed by atoms with van der Waals surface area (Å²) in [5, 5.41) is 3.80. The molecule has 7 nitrogen and oxygen atoms in total. The van der Waals surface area contributed by atoms with Gasteiger partial charge >= 0.3 is 0 Å². The third kappa shape index (κ3) is 3.38. The molecule has 0 atom stereocenters. The number of aromatic nitrogens is 2. The lowest BCUT2D eigenvalue weighted by Crippen LogP contribution is -2.39. The molecule has 0 saturated carbocycles. The van der Waals surface area contributed by atoms with E-state index in [2.05, 4.69) is 5.10 Å². The van der Waals surface area contributed by atoms with Crippen molar-refractivity contribution in [3.05, 3.63) is 18.0 Å². The number of amides is 1. The summed E-state index contributed by atoms with van der Waals surface area (Å²) >= 11 is 0. The fourth-order valence-electron chi connectivity index (χ4n) is 1.20. The molecule has 0 spiro atoms. The molecular formula is C9H13N3O4S. The third-order valence-corrected chi connectivity index (χ3v) is 3.02. The predicted molar refractivity (Wildman–Crippen MR) is 59.8 cm³/mol. The van der Waals surface area contributed by atoms with E-state index >= 15 is 0 Å². The second-order valence-corrected chi connectivity index (χ2v) is 5.56. The Balaban J connectivity index is 3.07. The standard InChI is InChI=1S/C9H13N3O4S/c1-7(13)6-12(17(3,15)16)9(14)8-4-5-11(2)10-8/h4-5H,6H2,1-3H3. The van der Waals surface area contributed by atoms with Gasteiger partial charge in [0.1, 0.15) is 5.78 Å². The monoisotopic (exact) mass is 259 g/mol. The molecule has 1 amide bonds. The summed E-state index contributed by atoms with van der Waals surface area (Å²) in [6, 6.07) is 1.39. The minimum absolute atomic E-state index is 0.0147. The Morgan fingerprint density at radius 2 is 2.06 bits per heavy atom. The Morgan fingerprint density at radius 3 is 2.41 bits per heavy atom. The maximum absolute atomic E-state index is 11.9. The molecule has 1 rings (SSSR count). The van der Waals surface area contributed by atoms with Crippen LogP contribution < -0.4 is 0 Å². The Hall–Kier alpha value is -1.70. The molecule has 0 N–H and O–H groups in total. The first-order chi connectivity index (χ1) is 7.71. The van der Waals surface area contributed by atoms with Gasteiger partial charge in [-0.2, -0.15) is 5.10 Å². The molecule has 94 valence electrons. The van der Waals surface area contributed by atoms with E-state index in [1.807, 2.05) is 0 Å². The highest BCUT2D eigenvalue weighted by Gasteiger charge is 2.27. The van der Waals surface area contributed by atoms with Crippen LogP contribution in [-0.2, 0) is 21.9 Å². The summed E-state index contributed by atoms with van der Waals surface area (Å²) in [5.74, 6) is -1.22. The van der Waals surface area contributed by atoms with Gasteiger partial charge in [-0.25, -0.2) is 12.7 Å². The van der Waals surface area contributed by atoms with Crippen molar-refractivity contribution in [1.29, 1.82) is 0 Å². The zero-order valence-corrected chi connectivity index (χ0v) is 10.6. The molecular weight excluding hydrogens is 246 g/mol. The van der Waals surface area contributed by atoms with Crippen molar-refractivity contribution in [2.45, 2.75) is 6.92 Å². The Kier molecular flexibility index (Phi) is 3.66. The van der Waals surface area contributed by atoms with Crippen LogP contribution in [0.5, 0.6) is 0 Å². The minimum atomic E-state index is -3.78. The number of rotatable bonds is 4. The van der Waals surface area contributed by atoms with Crippen LogP contribution in [0, 0.1) is 0 Å². The van der Waals surface area contributed by atoms with Gasteiger partial charge in [0.15, 0.2) is 5.69 Å². The number of carbonyl (C=O) groups is 2. The zero-order valence-electron chi connectivity index (χ0n) is 9.74. The first kappa shape index (κ1) is 13.4. The van der Waals surface area contributed by atoms with Crippen molar-refractivity contribution in [3.63, 3.8) is 0 Å². The highest BCUT2D eigenvalue weighted by Crippen LogP contribution is 2.06. The smallest absolute Gasteiger partial charge is 0.288 e. The van der Waals surface area contributed by atoms with E-state index < -0.39 is 28.3 Å². The van der Waals surface area contributed by atoms with Crippen molar-refractivity contribution in [1.82, 2.24) is 14.1 Å². The van der Waals surface area contributed by atoms with Crippen LogP contribution in [0.3, 0.4) is 0 Å². The molecule has 0 unspecified atom stereocenters. The third-order valence-electron chi connectivity index (χ3n) is 1.93. The highest BCUT2D eigenvalue weighted by molar-refractivity contribution is 7.88. The van der Waals surface area contributed by atoms with Gasteiger partial charge in [0, 0.05) is 13.2 Å². The SMILES string of the molecule is CC(=O)CN(C(=O)c1ccn(C)n1)S(C)(=O)=O. The van der Waals surface area contributed by atoms with E-state index in [4.69, 9.17) is 0 Å². The molecule has 1 aromatic heterocycles. The number of ketones is 1. The largest absolute Gasteiger partial charge is 0.298 e. The maximum Gasteiger partial charge on any atom is 0.288 e. The molecule has 17 heavy (non-hydrogen) atoms. The van der Waals surface area contributed by atoms with Crippen molar-refractivity contribution in [3.8, 4) is 0 Å². The van der Waals surface area contributed by atoms with Crippen LogP contribution >= 0.6 is 0 Å². The van der Waals surface area contributed by atoms with Crippen LogP contribution in [0.25, 0.3) is 0 Å². The maximum atomic E-state index is 11.9. The van der Waals surface area contributed by atoms with Crippen molar-refractivity contribution >= 4 is 21.7 Å². The summed E-state index contributed by atoms with van der Waals surface area (Å²) in [5.41, 5.74) is -0.0147. The Bertz CT molecular complexity index is 546. The van der Waals surface area contributed by atoms with Crippen LogP contribution in [0.4, 0.5) is 0 Å². The molecule has 0 aliphatic rings. The van der Waals surface area contributed by atoms with E-state index in [0.717, 1.165) is 6.26 Å². The number of aryl methyl sites for hydroxylation is 1. The van der Waals surface area contributed by atoms with Crippen LogP contribution in [0.1, 0.15) is 17.4 Å². The van der Waals surface area contributed by atoms with Gasteiger partial charge in [-0.3, -0.25) is 14.3 Å². The molecule has 0 aromatic carbocycles.